The lowest BCUT2D eigenvalue weighted by Gasteiger charge is -2.14. The minimum absolute atomic E-state index is 0.612. The lowest BCUT2D eigenvalue weighted by atomic mass is 10.2. The smallest absolute Gasteiger partial charge is 0.148 e. The molecule has 20 heavy (non-hydrogen) atoms. The molecule has 0 aliphatic carbocycles. The van der Waals surface area contributed by atoms with E-state index in [-0.39, 0.29) is 0 Å². The number of anilines is 3. The lowest BCUT2D eigenvalue weighted by molar-refractivity contribution is 0.932. The fraction of sp³-hybridized carbons (Fsp3) is 0.231. The molecule has 1 aromatic carbocycles. The van der Waals surface area contributed by atoms with Crippen molar-refractivity contribution in [2.75, 3.05) is 10.7 Å². The second-order valence-electron chi connectivity index (χ2n) is 4.21. The van der Waals surface area contributed by atoms with Crippen LogP contribution < -0.4 is 16.6 Å². The Bertz CT molecular complexity index is 632. The number of hydrogen-bond acceptors (Lipinski definition) is 5. The van der Waals surface area contributed by atoms with Crippen LogP contribution in [0.15, 0.2) is 18.2 Å². The molecule has 1 aromatic heterocycles. The van der Waals surface area contributed by atoms with E-state index >= 15 is 0 Å². The summed E-state index contributed by atoms with van der Waals surface area (Å²) in [6.45, 7) is 3.89. The minimum Gasteiger partial charge on any atom is -0.339 e. The largest absolute Gasteiger partial charge is 0.339 e. The summed E-state index contributed by atoms with van der Waals surface area (Å²) >= 11 is 8.45. The Balaban J connectivity index is 2.42. The van der Waals surface area contributed by atoms with Crippen molar-refractivity contribution in [2.24, 2.45) is 5.84 Å². The van der Waals surface area contributed by atoms with Crippen molar-refractivity contribution in [3.63, 3.8) is 0 Å². The standard InChI is InChI=1S/C13H15ClIN5/c1-3-11-18-12(7(2)13(19-11)20-16)17-10-5-4-8(15)6-9(10)14/h4-6H,3,16H2,1-2H3,(H2,17,18,19,20). The highest BCUT2D eigenvalue weighted by Gasteiger charge is 2.11. The monoisotopic (exact) mass is 403 g/mol. The molecule has 0 spiro atoms. The van der Waals surface area contributed by atoms with Crippen LogP contribution in [0.5, 0.6) is 0 Å². The summed E-state index contributed by atoms with van der Waals surface area (Å²) in [6, 6.07) is 5.80. The molecule has 0 bridgehead atoms. The number of nitrogen functional groups attached to an aromatic ring is 1. The molecule has 0 saturated carbocycles. The number of rotatable bonds is 4. The number of nitrogens with one attached hydrogen (secondary N) is 2. The molecule has 7 heteroatoms. The number of halogens is 2. The second kappa shape index (κ2) is 6.55. The fourth-order valence-electron chi connectivity index (χ4n) is 1.70. The van der Waals surface area contributed by atoms with E-state index < -0.39 is 0 Å². The highest BCUT2D eigenvalue weighted by molar-refractivity contribution is 14.1. The van der Waals surface area contributed by atoms with Gasteiger partial charge in [0.2, 0.25) is 0 Å². The first-order chi connectivity index (χ1) is 9.55. The summed E-state index contributed by atoms with van der Waals surface area (Å²) in [5.41, 5.74) is 4.25. The van der Waals surface area contributed by atoms with Crippen LogP contribution in [0.1, 0.15) is 18.3 Å². The molecular formula is C13H15ClIN5. The molecule has 0 aliphatic rings. The molecule has 5 nitrogen and oxygen atoms in total. The van der Waals surface area contributed by atoms with Crippen LogP contribution >= 0.6 is 34.2 Å². The molecule has 2 aromatic rings. The van der Waals surface area contributed by atoms with Gasteiger partial charge in [-0.3, -0.25) is 0 Å². The predicted octanol–water partition coefficient (Wildman–Crippen LogP) is 3.63. The van der Waals surface area contributed by atoms with Crippen molar-refractivity contribution < 1.29 is 0 Å². The number of benzene rings is 1. The molecule has 0 aliphatic heterocycles. The third kappa shape index (κ3) is 3.31. The van der Waals surface area contributed by atoms with E-state index in [4.69, 9.17) is 17.4 Å². The van der Waals surface area contributed by atoms with Gasteiger partial charge in [-0.2, -0.15) is 0 Å². The number of nitrogens with zero attached hydrogens (tertiary/aromatic N) is 2. The van der Waals surface area contributed by atoms with Crippen molar-refractivity contribution in [1.29, 1.82) is 0 Å². The molecule has 106 valence electrons. The van der Waals surface area contributed by atoms with E-state index in [9.17, 15) is 0 Å². The Morgan fingerprint density at radius 1 is 1.30 bits per heavy atom. The Labute approximate surface area is 136 Å². The normalized spacial score (nSPS) is 10.4. The Hall–Kier alpha value is -1.12. The summed E-state index contributed by atoms with van der Waals surface area (Å²) in [7, 11) is 0. The van der Waals surface area contributed by atoms with Gasteiger partial charge in [0.05, 0.1) is 10.7 Å². The molecule has 0 fully saturated rings. The van der Waals surface area contributed by atoms with Crippen molar-refractivity contribution in [1.82, 2.24) is 9.97 Å². The number of aryl methyl sites for hydroxylation is 1. The SMILES string of the molecule is CCc1nc(NN)c(C)c(Nc2ccc(I)cc2Cl)n1. The van der Waals surface area contributed by atoms with Crippen molar-refractivity contribution in [3.8, 4) is 0 Å². The van der Waals surface area contributed by atoms with Gasteiger partial charge in [0.1, 0.15) is 17.5 Å². The highest BCUT2D eigenvalue weighted by atomic mass is 127. The maximum absolute atomic E-state index is 6.23. The molecule has 4 N–H and O–H groups in total. The molecule has 1 heterocycles. The summed E-state index contributed by atoms with van der Waals surface area (Å²) in [5.74, 6) is 7.52. The Morgan fingerprint density at radius 3 is 2.60 bits per heavy atom. The van der Waals surface area contributed by atoms with E-state index in [2.05, 4.69) is 43.3 Å². The number of hydrogen-bond donors (Lipinski definition) is 3. The first-order valence-corrected chi connectivity index (χ1v) is 7.57. The van der Waals surface area contributed by atoms with Gasteiger partial charge in [0.25, 0.3) is 0 Å². The maximum atomic E-state index is 6.23. The van der Waals surface area contributed by atoms with E-state index in [0.717, 1.165) is 21.2 Å². The third-order valence-corrected chi connectivity index (χ3v) is 3.81. The number of hydrazine groups is 1. The van der Waals surface area contributed by atoms with Gasteiger partial charge in [-0.05, 0) is 47.7 Å². The number of nitrogens with two attached hydrogens (primary N) is 1. The zero-order valence-corrected chi connectivity index (χ0v) is 14.1. The quantitative estimate of drug-likeness (QED) is 0.413. The second-order valence-corrected chi connectivity index (χ2v) is 5.86. The van der Waals surface area contributed by atoms with Crippen molar-refractivity contribution >= 4 is 51.5 Å². The van der Waals surface area contributed by atoms with E-state index in [0.29, 0.717) is 22.5 Å². The summed E-state index contributed by atoms with van der Waals surface area (Å²) in [5, 5.41) is 3.88. The van der Waals surface area contributed by atoms with Gasteiger partial charge in [-0.1, -0.05) is 18.5 Å². The third-order valence-electron chi connectivity index (χ3n) is 2.83. The minimum atomic E-state index is 0.612. The van der Waals surface area contributed by atoms with Gasteiger partial charge in [0, 0.05) is 15.6 Å². The first kappa shape index (κ1) is 15.3. The maximum Gasteiger partial charge on any atom is 0.148 e. The zero-order valence-electron chi connectivity index (χ0n) is 11.2. The average Bonchev–Trinajstić information content (AvgIpc) is 2.43. The summed E-state index contributed by atoms with van der Waals surface area (Å²) < 4.78 is 1.08. The Kier molecular flexibility index (Phi) is 5.00. The summed E-state index contributed by atoms with van der Waals surface area (Å²) in [6.07, 6.45) is 0.726. The van der Waals surface area contributed by atoms with Crippen LogP contribution in [0.25, 0.3) is 0 Å². The van der Waals surface area contributed by atoms with Crippen LogP contribution in [0.2, 0.25) is 5.02 Å². The Morgan fingerprint density at radius 2 is 2.00 bits per heavy atom. The van der Waals surface area contributed by atoms with E-state index in [1.165, 1.54) is 0 Å². The molecular weight excluding hydrogens is 389 g/mol. The molecule has 0 atom stereocenters. The van der Waals surface area contributed by atoms with Crippen molar-refractivity contribution in [3.05, 3.63) is 38.2 Å². The molecule has 0 unspecified atom stereocenters. The van der Waals surface area contributed by atoms with Crippen LogP contribution in [0.3, 0.4) is 0 Å². The molecule has 0 radical (unpaired) electrons. The van der Waals surface area contributed by atoms with Crippen LogP contribution in [0.4, 0.5) is 17.3 Å². The van der Waals surface area contributed by atoms with Gasteiger partial charge in [-0.15, -0.1) is 0 Å². The molecule has 2 rings (SSSR count). The van der Waals surface area contributed by atoms with Crippen LogP contribution in [-0.2, 0) is 6.42 Å². The summed E-state index contributed by atoms with van der Waals surface area (Å²) in [4.78, 5) is 8.81. The predicted molar refractivity (Wildman–Crippen MR) is 91.4 cm³/mol. The zero-order chi connectivity index (χ0) is 14.7. The van der Waals surface area contributed by atoms with Gasteiger partial charge < -0.3 is 10.7 Å². The van der Waals surface area contributed by atoms with Crippen molar-refractivity contribution in [2.45, 2.75) is 20.3 Å². The fourth-order valence-corrected chi connectivity index (χ4v) is 2.60. The van der Waals surface area contributed by atoms with Gasteiger partial charge in [-0.25, -0.2) is 15.8 Å². The molecule has 0 amide bonds. The number of aromatic nitrogens is 2. The first-order valence-electron chi connectivity index (χ1n) is 6.11. The van der Waals surface area contributed by atoms with Crippen LogP contribution in [0, 0.1) is 10.5 Å². The van der Waals surface area contributed by atoms with Gasteiger partial charge >= 0.3 is 0 Å². The van der Waals surface area contributed by atoms with Crippen LogP contribution in [-0.4, -0.2) is 9.97 Å². The topological polar surface area (TPSA) is 75.9 Å². The molecule has 0 saturated heterocycles. The van der Waals surface area contributed by atoms with E-state index in [1.54, 1.807) is 0 Å². The van der Waals surface area contributed by atoms with E-state index in [1.807, 2.05) is 32.0 Å². The highest BCUT2D eigenvalue weighted by Crippen LogP contribution is 2.29. The lowest BCUT2D eigenvalue weighted by Crippen LogP contribution is -2.14. The average molecular weight is 404 g/mol. The van der Waals surface area contributed by atoms with Gasteiger partial charge in [0.15, 0.2) is 0 Å².